The molecule has 158 valence electrons. The van der Waals surface area contributed by atoms with E-state index in [-0.39, 0.29) is 16.7 Å². The Hall–Kier alpha value is -2.87. The fraction of sp³-hybridized carbons (Fsp3) is 0.435. The Morgan fingerprint density at radius 1 is 0.968 bits per heavy atom. The van der Waals surface area contributed by atoms with Gasteiger partial charge < -0.3 is 0 Å². The van der Waals surface area contributed by atoms with E-state index in [0.717, 1.165) is 22.8 Å². The Balaban J connectivity index is 1.23. The van der Waals surface area contributed by atoms with Crippen LogP contribution in [0.5, 0.6) is 0 Å². The van der Waals surface area contributed by atoms with E-state index in [1.54, 1.807) is 12.1 Å². The van der Waals surface area contributed by atoms with Crippen molar-refractivity contribution >= 4 is 22.4 Å². The van der Waals surface area contributed by atoms with Gasteiger partial charge in [-0.25, -0.2) is 0 Å². The molecule has 4 saturated carbocycles. The number of carbonyl (C=O) groups is 1. The summed E-state index contributed by atoms with van der Waals surface area (Å²) in [6.45, 7) is 0. The van der Waals surface area contributed by atoms with Crippen LogP contribution in [0, 0.1) is 17.8 Å². The first-order valence-electron chi connectivity index (χ1n) is 10.9. The molecule has 7 rings (SSSR count). The van der Waals surface area contributed by atoms with Crippen molar-refractivity contribution in [2.45, 2.75) is 43.9 Å². The average molecular weight is 434 g/mol. The molecule has 4 aliphatic carbocycles. The molecule has 2 aromatic heterocycles. The van der Waals surface area contributed by atoms with Crippen molar-refractivity contribution in [1.82, 2.24) is 20.0 Å². The van der Waals surface area contributed by atoms with E-state index in [0.29, 0.717) is 10.8 Å². The van der Waals surface area contributed by atoms with Crippen LogP contribution in [0.4, 0.5) is 5.13 Å². The van der Waals surface area contributed by atoms with Crippen LogP contribution in [-0.2, 0) is 5.41 Å². The molecule has 0 atom stereocenters. The van der Waals surface area contributed by atoms with E-state index in [1.165, 1.54) is 66.7 Å². The maximum Gasteiger partial charge on any atom is 0.277 e. The number of anilines is 1. The Kier molecular flexibility index (Phi) is 4.31. The number of benzene rings is 1. The first-order chi connectivity index (χ1) is 15.1. The molecule has 8 heteroatoms. The van der Waals surface area contributed by atoms with Gasteiger partial charge in [0.2, 0.25) is 5.13 Å². The molecule has 2 heterocycles. The van der Waals surface area contributed by atoms with Crippen LogP contribution < -0.4 is 10.9 Å². The maximum absolute atomic E-state index is 12.8. The quantitative estimate of drug-likeness (QED) is 0.676. The van der Waals surface area contributed by atoms with E-state index < -0.39 is 5.91 Å². The number of carbonyl (C=O) groups excluding carboxylic acids is 1. The molecule has 1 N–H and O–H groups in total. The minimum Gasteiger partial charge on any atom is -0.295 e. The van der Waals surface area contributed by atoms with E-state index in [4.69, 9.17) is 0 Å². The molecule has 1 amide bonds. The molecule has 3 aromatic rings. The summed E-state index contributed by atoms with van der Waals surface area (Å²) in [5.74, 6) is 2.10. The van der Waals surface area contributed by atoms with Crippen molar-refractivity contribution in [3.63, 3.8) is 0 Å². The van der Waals surface area contributed by atoms with Crippen LogP contribution in [0.2, 0.25) is 0 Å². The lowest BCUT2D eigenvalue weighted by atomic mass is 9.50. The predicted octanol–water partition coefficient (Wildman–Crippen LogP) is 3.80. The third kappa shape index (κ3) is 3.29. The zero-order valence-electron chi connectivity index (χ0n) is 17.0. The highest BCUT2D eigenvalue weighted by Gasteiger charge is 2.53. The Bertz CT molecular complexity index is 1170. The highest BCUT2D eigenvalue weighted by Crippen LogP contribution is 2.61. The van der Waals surface area contributed by atoms with Crippen LogP contribution in [0.1, 0.15) is 54.0 Å². The lowest BCUT2D eigenvalue weighted by Gasteiger charge is -2.55. The average Bonchev–Trinajstić information content (AvgIpc) is 3.23. The van der Waals surface area contributed by atoms with Crippen LogP contribution in [-0.4, -0.2) is 25.9 Å². The van der Waals surface area contributed by atoms with Gasteiger partial charge in [0.1, 0.15) is 10.7 Å². The molecule has 0 aliphatic heterocycles. The van der Waals surface area contributed by atoms with Gasteiger partial charge in [-0.2, -0.15) is 9.78 Å². The summed E-state index contributed by atoms with van der Waals surface area (Å²) in [6, 6.07) is 11.9. The second-order valence-electron chi connectivity index (χ2n) is 9.37. The largest absolute Gasteiger partial charge is 0.295 e. The fourth-order valence-electron chi connectivity index (χ4n) is 6.31. The number of hydrogen-bond donors (Lipinski definition) is 1. The van der Waals surface area contributed by atoms with E-state index in [2.05, 4.69) is 20.6 Å². The molecular weight excluding hydrogens is 410 g/mol. The Morgan fingerprint density at radius 2 is 1.65 bits per heavy atom. The predicted molar refractivity (Wildman–Crippen MR) is 118 cm³/mol. The van der Waals surface area contributed by atoms with E-state index >= 15 is 0 Å². The van der Waals surface area contributed by atoms with Gasteiger partial charge in [-0.1, -0.05) is 29.5 Å². The third-order valence-corrected chi connectivity index (χ3v) is 8.26. The van der Waals surface area contributed by atoms with E-state index in [9.17, 15) is 9.59 Å². The van der Waals surface area contributed by atoms with Crippen LogP contribution in [0.3, 0.4) is 0 Å². The van der Waals surface area contributed by atoms with Gasteiger partial charge in [-0.3, -0.25) is 14.9 Å². The van der Waals surface area contributed by atoms with Gasteiger partial charge in [-0.05, 0) is 74.5 Å². The van der Waals surface area contributed by atoms with Crippen molar-refractivity contribution in [3.8, 4) is 5.69 Å². The van der Waals surface area contributed by atoms with Crippen molar-refractivity contribution in [2.75, 3.05) is 5.32 Å². The monoisotopic (exact) mass is 433 g/mol. The van der Waals surface area contributed by atoms with Gasteiger partial charge in [0.05, 0.1) is 5.69 Å². The van der Waals surface area contributed by atoms with Gasteiger partial charge in [0, 0.05) is 11.5 Å². The number of rotatable bonds is 4. The molecule has 1 aromatic carbocycles. The summed E-state index contributed by atoms with van der Waals surface area (Å²) in [5, 5.41) is 17.4. The Morgan fingerprint density at radius 3 is 2.32 bits per heavy atom. The molecule has 31 heavy (non-hydrogen) atoms. The molecule has 4 fully saturated rings. The van der Waals surface area contributed by atoms with Crippen LogP contribution in [0.15, 0.2) is 47.3 Å². The summed E-state index contributed by atoms with van der Waals surface area (Å²) in [7, 11) is 0. The summed E-state index contributed by atoms with van der Waals surface area (Å²) < 4.78 is 1.23. The summed E-state index contributed by atoms with van der Waals surface area (Å²) in [5.41, 5.74) is 0.647. The number of nitrogens with one attached hydrogen (secondary N) is 1. The van der Waals surface area contributed by atoms with Gasteiger partial charge >= 0.3 is 0 Å². The highest BCUT2D eigenvalue weighted by molar-refractivity contribution is 7.15. The minimum atomic E-state index is -0.391. The fourth-order valence-corrected chi connectivity index (χ4v) is 7.26. The molecule has 4 aliphatic rings. The summed E-state index contributed by atoms with van der Waals surface area (Å²) >= 11 is 1.50. The standard InChI is InChI=1S/C23H23N5O2S/c29-19-7-6-18(27-28(19)17-4-2-1-3-5-17)20(30)24-22-26-25-21(31-22)23-11-14-8-15(12-23)10-16(9-14)13-23/h1-7,14-16H,8-13H2,(H,24,26,30). The number of amides is 1. The molecule has 0 spiro atoms. The molecule has 4 bridgehead atoms. The SMILES string of the molecule is O=C(Nc1nnc(C23CC4CC(CC(C4)C2)C3)s1)c1ccc(=O)n(-c2ccccc2)n1. The first-order valence-corrected chi connectivity index (χ1v) is 11.7. The molecule has 0 radical (unpaired) electrons. The van der Waals surface area contributed by atoms with Crippen molar-refractivity contribution in [1.29, 1.82) is 0 Å². The minimum absolute atomic E-state index is 0.161. The molecular formula is C23H23N5O2S. The van der Waals surface area contributed by atoms with Gasteiger partial charge in [0.25, 0.3) is 11.5 Å². The van der Waals surface area contributed by atoms with Gasteiger partial charge in [0.15, 0.2) is 0 Å². The smallest absolute Gasteiger partial charge is 0.277 e. The zero-order valence-corrected chi connectivity index (χ0v) is 17.8. The van der Waals surface area contributed by atoms with Crippen LogP contribution in [0.25, 0.3) is 5.69 Å². The normalized spacial score (nSPS) is 28.6. The van der Waals surface area contributed by atoms with Crippen molar-refractivity contribution in [2.24, 2.45) is 17.8 Å². The number of nitrogens with zero attached hydrogens (tertiary/aromatic N) is 4. The zero-order chi connectivity index (χ0) is 21.0. The molecule has 7 nitrogen and oxygen atoms in total. The number of para-hydroxylation sites is 1. The maximum atomic E-state index is 12.8. The lowest BCUT2D eigenvalue weighted by molar-refractivity contribution is -0.00555. The topological polar surface area (TPSA) is 89.8 Å². The molecule has 0 saturated heterocycles. The van der Waals surface area contributed by atoms with E-state index in [1.807, 2.05) is 18.2 Å². The highest BCUT2D eigenvalue weighted by atomic mass is 32.1. The van der Waals surface area contributed by atoms with Crippen molar-refractivity contribution < 1.29 is 4.79 Å². The third-order valence-electron chi connectivity index (χ3n) is 7.17. The second kappa shape index (κ2) is 7.09. The molecule has 0 unspecified atom stereocenters. The van der Waals surface area contributed by atoms with Crippen molar-refractivity contribution in [3.05, 3.63) is 63.5 Å². The van der Waals surface area contributed by atoms with Gasteiger partial charge in [-0.15, -0.1) is 10.2 Å². The number of aromatic nitrogens is 4. The first kappa shape index (κ1) is 18.9. The second-order valence-corrected chi connectivity index (χ2v) is 10.3. The van der Waals surface area contributed by atoms with Crippen LogP contribution >= 0.6 is 11.3 Å². The number of hydrogen-bond acceptors (Lipinski definition) is 6. The summed E-state index contributed by atoms with van der Waals surface area (Å²) in [4.78, 5) is 25.0. The lowest BCUT2D eigenvalue weighted by Crippen LogP contribution is -2.48. The Labute approximate surface area is 183 Å². The summed E-state index contributed by atoms with van der Waals surface area (Å²) in [6.07, 6.45) is 7.78.